The maximum atomic E-state index is 14.9. The Morgan fingerprint density at radius 2 is 1.88 bits per heavy atom. The second-order valence-electron chi connectivity index (χ2n) is 8.78. The number of oxazole rings is 1. The van der Waals surface area contributed by atoms with Crippen LogP contribution in [0.3, 0.4) is 0 Å². The van der Waals surface area contributed by atoms with Gasteiger partial charge in [0.05, 0.1) is 36.2 Å². The number of hydrogen-bond donors (Lipinski definition) is 2. The highest BCUT2D eigenvalue weighted by molar-refractivity contribution is 5.75. The molecule has 2 aliphatic rings. The third kappa shape index (κ3) is 3.61. The molecule has 7 nitrogen and oxygen atoms in total. The first kappa shape index (κ1) is 20.5. The standard InChI is InChI=1S/C26H21FN4O3/c27-20-7-5-16(14-1-3-15(4-2-14)23-11-28-13-34-23)17-6-8-21(25(17)20)31-24-12-29-22(10-30-24)18-9-19(18)26(32)33/h1-5,7,10-13,18-19,21H,6,8-9H2,(H,30,31)(H,32,33)/t18-,19-,21+/m0/s1. The summed E-state index contributed by atoms with van der Waals surface area (Å²) in [5, 5.41) is 12.4. The van der Waals surface area contributed by atoms with Crippen molar-refractivity contribution in [2.45, 2.75) is 31.2 Å². The molecular weight excluding hydrogens is 435 g/mol. The molecule has 6 rings (SSSR count). The van der Waals surface area contributed by atoms with Crippen LogP contribution in [0.25, 0.3) is 22.5 Å². The summed E-state index contributed by atoms with van der Waals surface area (Å²) in [5.74, 6) is -0.217. The molecule has 2 heterocycles. The first-order valence-corrected chi connectivity index (χ1v) is 11.2. The Bertz CT molecular complexity index is 1350. The van der Waals surface area contributed by atoms with Gasteiger partial charge in [-0.1, -0.05) is 30.3 Å². The topological polar surface area (TPSA) is 101 Å². The number of nitrogens with zero attached hydrogens (tertiary/aromatic N) is 3. The van der Waals surface area contributed by atoms with Crippen LogP contribution in [-0.2, 0) is 11.2 Å². The van der Waals surface area contributed by atoms with E-state index < -0.39 is 5.97 Å². The van der Waals surface area contributed by atoms with Crippen LogP contribution in [0.15, 0.2) is 65.8 Å². The lowest BCUT2D eigenvalue weighted by atomic mass is 9.95. The lowest BCUT2D eigenvalue weighted by Gasteiger charge is -2.17. The molecule has 0 saturated heterocycles. The Kier molecular flexibility index (Phi) is 4.86. The predicted octanol–water partition coefficient (Wildman–Crippen LogP) is 5.23. The lowest BCUT2D eigenvalue weighted by molar-refractivity contribution is -0.138. The van der Waals surface area contributed by atoms with E-state index in [9.17, 15) is 9.18 Å². The molecule has 170 valence electrons. The molecule has 4 aromatic rings. The molecule has 2 aromatic heterocycles. The number of carboxylic acids is 1. The summed E-state index contributed by atoms with van der Waals surface area (Å²) in [6, 6.07) is 11.1. The number of aliphatic carboxylic acids is 1. The van der Waals surface area contributed by atoms with Crippen LogP contribution in [0.1, 0.15) is 41.6 Å². The van der Waals surface area contributed by atoms with Crippen LogP contribution < -0.4 is 5.32 Å². The van der Waals surface area contributed by atoms with Crippen LogP contribution in [0.4, 0.5) is 10.2 Å². The number of halogens is 1. The van der Waals surface area contributed by atoms with Crippen molar-refractivity contribution >= 4 is 11.8 Å². The van der Waals surface area contributed by atoms with Crippen molar-refractivity contribution in [2.24, 2.45) is 5.92 Å². The lowest BCUT2D eigenvalue weighted by Crippen LogP contribution is -2.11. The molecule has 0 aliphatic heterocycles. The number of anilines is 1. The number of carbonyl (C=O) groups is 1. The molecule has 8 heteroatoms. The van der Waals surface area contributed by atoms with Crippen molar-refractivity contribution in [3.05, 3.63) is 84.0 Å². The first-order valence-electron chi connectivity index (χ1n) is 11.2. The van der Waals surface area contributed by atoms with Crippen molar-refractivity contribution in [1.82, 2.24) is 15.0 Å². The molecule has 2 aromatic carbocycles. The Morgan fingerprint density at radius 3 is 2.56 bits per heavy atom. The smallest absolute Gasteiger partial charge is 0.307 e. The molecule has 1 fully saturated rings. The van der Waals surface area contributed by atoms with Gasteiger partial charge in [-0.15, -0.1) is 0 Å². The van der Waals surface area contributed by atoms with Crippen LogP contribution in [0.2, 0.25) is 0 Å². The van der Waals surface area contributed by atoms with Crippen molar-refractivity contribution < 1.29 is 18.7 Å². The maximum absolute atomic E-state index is 14.9. The Morgan fingerprint density at radius 1 is 1.06 bits per heavy atom. The minimum absolute atomic E-state index is 0.0679. The number of fused-ring (bicyclic) bond motifs is 1. The summed E-state index contributed by atoms with van der Waals surface area (Å²) in [7, 11) is 0. The molecule has 3 atom stereocenters. The summed E-state index contributed by atoms with van der Waals surface area (Å²) in [6.45, 7) is 0. The number of carboxylic acid groups (broad SMARTS) is 1. The van der Waals surface area contributed by atoms with E-state index in [-0.39, 0.29) is 23.7 Å². The van der Waals surface area contributed by atoms with E-state index >= 15 is 0 Å². The van der Waals surface area contributed by atoms with Crippen LogP contribution in [-0.4, -0.2) is 26.0 Å². The molecule has 2 aliphatic carbocycles. The Hall–Kier alpha value is -4.07. The van der Waals surface area contributed by atoms with Gasteiger partial charge >= 0.3 is 5.97 Å². The van der Waals surface area contributed by atoms with E-state index in [0.29, 0.717) is 29.3 Å². The number of rotatable bonds is 6. The van der Waals surface area contributed by atoms with Gasteiger partial charge in [0.1, 0.15) is 11.6 Å². The van der Waals surface area contributed by atoms with Crippen LogP contribution >= 0.6 is 0 Å². The predicted molar refractivity (Wildman–Crippen MR) is 123 cm³/mol. The summed E-state index contributed by atoms with van der Waals surface area (Å²) in [4.78, 5) is 23.9. The van der Waals surface area contributed by atoms with Gasteiger partial charge < -0.3 is 14.8 Å². The van der Waals surface area contributed by atoms with E-state index in [1.165, 1.54) is 12.5 Å². The second-order valence-corrected chi connectivity index (χ2v) is 8.78. The highest BCUT2D eigenvalue weighted by atomic mass is 19.1. The summed E-state index contributed by atoms with van der Waals surface area (Å²) in [6.07, 6.45) is 8.39. The molecule has 0 bridgehead atoms. The molecule has 34 heavy (non-hydrogen) atoms. The zero-order valence-corrected chi connectivity index (χ0v) is 18.1. The van der Waals surface area contributed by atoms with Gasteiger partial charge in [-0.25, -0.2) is 14.4 Å². The second kappa shape index (κ2) is 8.06. The third-order valence-electron chi connectivity index (χ3n) is 6.73. The molecule has 2 N–H and O–H groups in total. The van der Waals surface area contributed by atoms with Gasteiger partial charge in [0.25, 0.3) is 0 Å². The van der Waals surface area contributed by atoms with Crippen LogP contribution in [0, 0.1) is 11.7 Å². The fourth-order valence-corrected chi connectivity index (χ4v) is 4.88. The van der Waals surface area contributed by atoms with Gasteiger partial charge in [-0.3, -0.25) is 9.78 Å². The highest BCUT2D eigenvalue weighted by Crippen LogP contribution is 2.46. The summed E-state index contributed by atoms with van der Waals surface area (Å²) < 4.78 is 20.3. The maximum Gasteiger partial charge on any atom is 0.307 e. The van der Waals surface area contributed by atoms with Gasteiger partial charge in [0.15, 0.2) is 12.2 Å². The zero-order valence-electron chi connectivity index (χ0n) is 18.1. The molecule has 1 saturated carbocycles. The number of benzene rings is 2. The SMILES string of the molecule is O=C(O)[C@H]1C[C@@H]1c1cnc(N[C@@H]2CCc3c(-c4ccc(-c5cnco5)cc4)ccc(F)c32)cn1. The summed E-state index contributed by atoms with van der Waals surface area (Å²) >= 11 is 0. The Balaban J connectivity index is 1.23. The van der Waals surface area contributed by atoms with Gasteiger partial charge in [-0.05, 0) is 42.0 Å². The average Bonchev–Trinajstić information content (AvgIpc) is 3.26. The summed E-state index contributed by atoms with van der Waals surface area (Å²) in [5.41, 5.74) is 5.31. The fraction of sp³-hybridized carbons (Fsp3) is 0.231. The van der Waals surface area contributed by atoms with E-state index in [1.807, 2.05) is 30.3 Å². The monoisotopic (exact) mass is 456 g/mol. The quantitative estimate of drug-likeness (QED) is 0.410. The molecular formula is C26H21FN4O3. The fourth-order valence-electron chi connectivity index (χ4n) is 4.88. The molecule has 0 spiro atoms. The van der Waals surface area contributed by atoms with Gasteiger partial charge in [-0.2, -0.15) is 0 Å². The molecule has 0 amide bonds. The van der Waals surface area contributed by atoms with Crippen molar-refractivity contribution in [2.75, 3.05) is 5.32 Å². The van der Waals surface area contributed by atoms with Gasteiger partial charge in [0.2, 0.25) is 0 Å². The van der Waals surface area contributed by atoms with E-state index in [4.69, 9.17) is 9.52 Å². The number of aromatic nitrogens is 3. The Labute approximate surface area is 194 Å². The van der Waals surface area contributed by atoms with E-state index in [0.717, 1.165) is 35.1 Å². The number of hydrogen-bond acceptors (Lipinski definition) is 6. The molecule has 0 unspecified atom stereocenters. The van der Waals surface area contributed by atoms with Crippen molar-refractivity contribution in [1.29, 1.82) is 0 Å². The third-order valence-corrected chi connectivity index (χ3v) is 6.73. The van der Waals surface area contributed by atoms with E-state index in [1.54, 1.807) is 18.6 Å². The number of nitrogens with one attached hydrogen (secondary N) is 1. The molecule has 0 radical (unpaired) electrons. The zero-order chi connectivity index (χ0) is 23.2. The minimum atomic E-state index is -0.796. The minimum Gasteiger partial charge on any atom is -0.481 e. The normalized spacial score (nSPS) is 20.7. The first-order chi connectivity index (χ1) is 16.6. The highest BCUT2D eigenvalue weighted by Gasteiger charge is 2.45. The van der Waals surface area contributed by atoms with Crippen LogP contribution in [0.5, 0.6) is 0 Å². The largest absolute Gasteiger partial charge is 0.481 e. The van der Waals surface area contributed by atoms with E-state index in [2.05, 4.69) is 20.3 Å². The van der Waals surface area contributed by atoms with Gasteiger partial charge in [0, 0.05) is 17.0 Å². The van der Waals surface area contributed by atoms with Crippen molar-refractivity contribution in [3.63, 3.8) is 0 Å². The van der Waals surface area contributed by atoms with Crippen molar-refractivity contribution in [3.8, 4) is 22.5 Å². The average molecular weight is 456 g/mol.